The highest BCUT2D eigenvalue weighted by Gasteiger charge is 2.13. The fraction of sp³-hybridized carbons (Fsp3) is 0.588. The summed E-state index contributed by atoms with van der Waals surface area (Å²) < 4.78 is 10.3. The summed E-state index contributed by atoms with van der Waals surface area (Å²) >= 11 is 0. The predicted molar refractivity (Wildman–Crippen MR) is 81.1 cm³/mol. The number of hydrogen-bond donors (Lipinski definition) is 0. The van der Waals surface area contributed by atoms with E-state index in [9.17, 15) is 4.79 Å². The lowest BCUT2D eigenvalue weighted by atomic mass is 9.87. The molecule has 0 heterocycles. The second-order valence-corrected chi connectivity index (χ2v) is 6.05. The maximum atomic E-state index is 11.7. The van der Waals surface area contributed by atoms with Gasteiger partial charge in [0.05, 0.1) is 0 Å². The van der Waals surface area contributed by atoms with Gasteiger partial charge in [0.1, 0.15) is 5.75 Å². The van der Waals surface area contributed by atoms with E-state index in [0.29, 0.717) is 12.2 Å². The Labute approximate surface area is 122 Å². The third-order valence-electron chi connectivity index (χ3n) is 3.18. The molecule has 0 aliphatic carbocycles. The summed E-state index contributed by atoms with van der Waals surface area (Å²) in [6, 6.07) is 7.76. The molecule has 3 heteroatoms. The summed E-state index contributed by atoms with van der Waals surface area (Å²) in [4.78, 5) is 11.7. The maximum Gasteiger partial charge on any atom is 0.311 e. The van der Waals surface area contributed by atoms with Crippen LogP contribution < -0.4 is 4.74 Å². The van der Waals surface area contributed by atoms with Gasteiger partial charge in [-0.25, -0.2) is 0 Å². The number of benzene rings is 1. The van der Waals surface area contributed by atoms with Crippen LogP contribution in [0.3, 0.4) is 0 Å². The van der Waals surface area contributed by atoms with Crippen molar-refractivity contribution in [1.82, 2.24) is 0 Å². The zero-order valence-electron chi connectivity index (χ0n) is 13.1. The van der Waals surface area contributed by atoms with Gasteiger partial charge in [0, 0.05) is 20.1 Å². The largest absolute Gasteiger partial charge is 0.427 e. The van der Waals surface area contributed by atoms with Crippen molar-refractivity contribution in [2.75, 3.05) is 13.7 Å². The Balaban J connectivity index is 2.35. The molecule has 112 valence electrons. The van der Waals surface area contributed by atoms with E-state index < -0.39 is 0 Å². The molecule has 0 fully saturated rings. The van der Waals surface area contributed by atoms with E-state index >= 15 is 0 Å². The van der Waals surface area contributed by atoms with Crippen LogP contribution in [0.4, 0.5) is 0 Å². The smallest absolute Gasteiger partial charge is 0.311 e. The molecule has 0 unspecified atom stereocenters. The molecule has 3 nitrogen and oxygen atoms in total. The molecule has 0 aromatic heterocycles. The van der Waals surface area contributed by atoms with E-state index in [1.807, 2.05) is 24.3 Å². The van der Waals surface area contributed by atoms with Crippen LogP contribution in [0.25, 0.3) is 0 Å². The van der Waals surface area contributed by atoms with E-state index in [4.69, 9.17) is 9.47 Å². The highest BCUT2D eigenvalue weighted by Crippen LogP contribution is 2.24. The summed E-state index contributed by atoms with van der Waals surface area (Å²) in [6.45, 7) is 7.24. The highest BCUT2D eigenvalue weighted by atomic mass is 16.5. The van der Waals surface area contributed by atoms with Gasteiger partial charge < -0.3 is 9.47 Å². The van der Waals surface area contributed by atoms with Crippen molar-refractivity contribution in [3.05, 3.63) is 29.8 Å². The highest BCUT2D eigenvalue weighted by molar-refractivity contribution is 5.72. The normalized spacial score (nSPS) is 11.4. The number of hydrogen-bond acceptors (Lipinski definition) is 3. The molecule has 0 aliphatic heterocycles. The van der Waals surface area contributed by atoms with E-state index in [1.165, 1.54) is 5.56 Å². The zero-order chi connectivity index (χ0) is 15.0. The Morgan fingerprint density at radius 1 is 1.05 bits per heavy atom. The molecule has 20 heavy (non-hydrogen) atoms. The van der Waals surface area contributed by atoms with Crippen LogP contribution in [0.2, 0.25) is 0 Å². The first-order valence-corrected chi connectivity index (χ1v) is 7.23. The summed E-state index contributed by atoms with van der Waals surface area (Å²) in [5, 5.41) is 0. The van der Waals surface area contributed by atoms with E-state index in [0.717, 1.165) is 25.9 Å². The quantitative estimate of drug-likeness (QED) is 0.428. The van der Waals surface area contributed by atoms with Gasteiger partial charge in [0.25, 0.3) is 0 Å². The van der Waals surface area contributed by atoms with Gasteiger partial charge in [-0.2, -0.15) is 0 Å². The van der Waals surface area contributed by atoms with Gasteiger partial charge in [0.2, 0.25) is 0 Å². The minimum Gasteiger partial charge on any atom is -0.427 e. The average molecular weight is 278 g/mol. The van der Waals surface area contributed by atoms with Crippen LogP contribution in [0.5, 0.6) is 5.75 Å². The van der Waals surface area contributed by atoms with Crippen LogP contribution >= 0.6 is 0 Å². The molecular weight excluding hydrogens is 252 g/mol. The number of ether oxygens (including phenoxy) is 2. The molecule has 0 bridgehead atoms. The molecule has 1 rings (SSSR count). The number of unbranched alkanes of at least 4 members (excludes halogenated alkanes) is 2. The number of esters is 1. The van der Waals surface area contributed by atoms with Crippen LogP contribution in [0.1, 0.15) is 52.0 Å². The van der Waals surface area contributed by atoms with Gasteiger partial charge in [-0.15, -0.1) is 0 Å². The fourth-order valence-electron chi connectivity index (χ4n) is 1.90. The Morgan fingerprint density at radius 2 is 1.70 bits per heavy atom. The van der Waals surface area contributed by atoms with E-state index in [-0.39, 0.29) is 11.4 Å². The van der Waals surface area contributed by atoms with Crippen molar-refractivity contribution in [2.24, 2.45) is 0 Å². The van der Waals surface area contributed by atoms with Crippen LogP contribution in [-0.2, 0) is 14.9 Å². The second kappa shape index (κ2) is 8.05. The molecule has 0 N–H and O–H groups in total. The molecule has 0 saturated heterocycles. The standard InChI is InChI=1S/C17H26O3/c1-17(2,3)14-9-11-15(12-10-14)20-16(18)8-6-5-7-13-19-4/h9-12H,5-8,13H2,1-4H3. The summed E-state index contributed by atoms with van der Waals surface area (Å²) in [6.07, 6.45) is 3.29. The van der Waals surface area contributed by atoms with E-state index in [1.54, 1.807) is 7.11 Å². The number of carbonyl (C=O) groups is 1. The van der Waals surface area contributed by atoms with Crippen molar-refractivity contribution < 1.29 is 14.3 Å². The first-order valence-electron chi connectivity index (χ1n) is 7.23. The Morgan fingerprint density at radius 3 is 2.25 bits per heavy atom. The summed E-state index contributed by atoms with van der Waals surface area (Å²) in [5.41, 5.74) is 1.35. The number of methoxy groups -OCH3 is 1. The Bertz CT molecular complexity index is 401. The van der Waals surface area contributed by atoms with Gasteiger partial charge in [-0.1, -0.05) is 39.3 Å². The van der Waals surface area contributed by atoms with Crippen molar-refractivity contribution in [1.29, 1.82) is 0 Å². The van der Waals surface area contributed by atoms with Crippen molar-refractivity contribution in [3.63, 3.8) is 0 Å². The first-order chi connectivity index (χ1) is 9.43. The molecule has 1 aromatic carbocycles. The number of rotatable bonds is 7. The third kappa shape index (κ3) is 6.20. The van der Waals surface area contributed by atoms with Crippen LogP contribution in [-0.4, -0.2) is 19.7 Å². The topological polar surface area (TPSA) is 35.5 Å². The minimum absolute atomic E-state index is 0.115. The van der Waals surface area contributed by atoms with Crippen molar-refractivity contribution >= 4 is 5.97 Å². The lowest BCUT2D eigenvalue weighted by Crippen LogP contribution is -2.11. The molecule has 0 aliphatic rings. The average Bonchev–Trinajstić information content (AvgIpc) is 2.38. The lowest BCUT2D eigenvalue weighted by molar-refractivity contribution is -0.134. The van der Waals surface area contributed by atoms with Gasteiger partial charge in [0.15, 0.2) is 0 Å². The summed E-state index contributed by atoms with van der Waals surface area (Å²) in [5.74, 6) is 0.464. The van der Waals surface area contributed by atoms with Crippen molar-refractivity contribution in [2.45, 2.75) is 51.9 Å². The van der Waals surface area contributed by atoms with E-state index in [2.05, 4.69) is 20.8 Å². The molecule has 0 amide bonds. The fourth-order valence-corrected chi connectivity index (χ4v) is 1.90. The molecule has 0 atom stereocenters. The van der Waals surface area contributed by atoms with Crippen molar-refractivity contribution in [3.8, 4) is 5.75 Å². The summed E-state index contributed by atoms with van der Waals surface area (Å²) in [7, 11) is 1.69. The SMILES string of the molecule is COCCCCCC(=O)Oc1ccc(C(C)(C)C)cc1. The molecule has 0 saturated carbocycles. The molecule has 1 aromatic rings. The Hall–Kier alpha value is -1.35. The molecule has 0 spiro atoms. The van der Waals surface area contributed by atoms with Crippen LogP contribution in [0.15, 0.2) is 24.3 Å². The molecular formula is C17H26O3. The second-order valence-electron chi connectivity index (χ2n) is 6.05. The number of carbonyl (C=O) groups excluding carboxylic acids is 1. The monoisotopic (exact) mass is 278 g/mol. The van der Waals surface area contributed by atoms with Gasteiger partial charge >= 0.3 is 5.97 Å². The predicted octanol–water partition coefficient (Wildman–Crippen LogP) is 4.10. The molecule has 0 radical (unpaired) electrons. The lowest BCUT2D eigenvalue weighted by Gasteiger charge is -2.18. The zero-order valence-corrected chi connectivity index (χ0v) is 13.1. The van der Waals surface area contributed by atoms with Gasteiger partial charge in [-0.3, -0.25) is 4.79 Å². The van der Waals surface area contributed by atoms with Gasteiger partial charge in [-0.05, 0) is 36.0 Å². The first kappa shape index (κ1) is 16.7. The maximum absolute atomic E-state index is 11.7. The van der Waals surface area contributed by atoms with Crippen LogP contribution in [0, 0.1) is 0 Å². The third-order valence-corrected chi connectivity index (χ3v) is 3.18. The Kier molecular flexibility index (Phi) is 6.73. The minimum atomic E-state index is -0.161.